The van der Waals surface area contributed by atoms with Gasteiger partial charge in [-0.2, -0.15) is 0 Å². The Kier molecular flexibility index (Phi) is 15.9. The Morgan fingerprint density at radius 2 is 1.50 bits per heavy atom. The maximum absolute atomic E-state index is 10.4. The van der Waals surface area contributed by atoms with Crippen LogP contribution in [0.1, 0.15) is 64.7 Å². The first kappa shape index (κ1) is 20.7. The van der Waals surface area contributed by atoms with Crippen LogP contribution in [0.15, 0.2) is 0 Å². The molecule has 3 N–H and O–H groups in total. The minimum absolute atomic E-state index is 0. The predicted molar refractivity (Wildman–Crippen MR) is 74.0 cm³/mol. The van der Waals surface area contributed by atoms with Gasteiger partial charge in [-0.15, -0.1) is 0 Å². The summed E-state index contributed by atoms with van der Waals surface area (Å²) in [4.78, 5) is 10.4. The van der Waals surface area contributed by atoms with E-state index in [4.69, 9.17) is 10.2 Å². The third kappa shape index (κ3) is 12.8. The molecule has 0 aromatic rings. The molecular formula is C13H27NaO4. The maximum atomic E-state index is 10.4. The number of aliphatic carboxylic acids is 1. The van der Waals surface area contributed by atoms with E-state index in [-0.39, 0.29) is 36.0 Å². The number of unbranched alkanes of at least 4 members (excludes halogenated alkanes) is 6. The van der Waals surface area contributed by atoms with Gasteiger partial charge in [0.05, 0.1) is 6.10 Å². The zero-order valence-corrected chi connectivity index (χ0v) is 10.8. The molecule has 0 saturated carbocycles. The van der Waals surface area contributed by atoms with Crippen LogP contribution in [0.4, 0.5) is 0 Å². The van der Waals surface area contributed by atoms with Gasteiger partial charge in [0.1, 0.15) is 0 Å². The van der Waals surface area contributed by atoms with E-state index in [2.05, 4.69) is 6.92 Å². The van der Waals surface area contributed by atoms with Gasteiger partial charge in [0, 0.05) is 6.42 Å². The molecule has 0 aliphatic rings. The van der Waals surface area contributed by atoms with Crippen molar-refractivity contribution in [3.8, 4) is 0 Å². The van der Waals surface area contributed by atoms with E-state index in [0.717, 1.165) is 12.8 Å². The Hall–Kier alpha value is 0.390. The summed E-state index contributed by atoms with van der Waals surface area (Å²) in [7, 11) is 0. The Morgan fingerprint density at radius 3 is 2.00 bits per heavy atom. The van der Waals surface area contributed by atoms with Gasteiger partial charge >= 0.3 is 35.5 Å². The minimum atomic E-state index is -1.44. The van der Waals surface area contributed by atoms with Crippen molar-refractivity contribution in [2.75, 3.05) is 0 Å². The molecule has 0 aromatic carbocycles. The van der Waals surface area contributed by atoms with Gasteiger partial charge in [0.15, 0.2) is 6.10 Å². The zero-order chi connectivity index (χ0) is 13.1. The van der Waals surface area contributed by atoms with Crippen molar-refractivity contribution in [3.63, 3.8) is 0 Å². The topological polar surface area (TPSA) is 77.8 Å². The summed E-state index contributed by atoms with van der Waals surface area (Å²) < 4.78 is 0. The molecule has 0 bridgehead atoms. The van der Waals surface area contributed by atoms with Crippen LogP contribution in [0.2, 0.25) is 0 Å². The molecule has 0 fully saturated rings. The van der Waals surface area contributed by atoms with Gasteiger partial charge < -0.3 is 15.3 Å². The number of hydrogen-bond donors (Lipinski definition) is 3. The van der Waals surface area contributed by atoms with Crippen molar-refractivity contribution >= 4 is 35.5 Å². The third-order valence-electron chi connectivity index (χ3n) is 2.92. The molecule has 0 heterocycles. The molecule has 2 unspecified atom stereocenters. The van der Waals surface area contributed by atoms with Gasteiger partial charge in [-0.1, -0.05) is 51.9 Å². The molecule has 0 spiro atoms. The van der Waals surface area contributed by atoms with Crippen molar-refractivity contribution in [1.82, 2.24) is 0 Å². The Morgan fingerprint density at radius 1 is 1.00 bits per heavy atom. The molecule has 0 rings (SSSR count). The number of carboxylic acid groups (broad SMARTS) is 1. The summed E-state index contributed by atoms with van der Waals surface area (Å²) in [6.45, 7) is 2.18. The fraction of sp³-hybridized carbons (Fsp3) is 0.923. The van der Waals surface area contributed by atoms with E-state index in [9.17, 15) is 9.90 Å². The van der Waals surface area contributed by atoms with E-state index in [1.54, 1.807) is 0 Å². The van der Waals surface area contributed by atoms with E-state index in [0.29, 0.717) is 6.42 Å². The standard InChI is InChI=1S/C13H26O4.Na.H/c1-2-3-4-5-6-7-8-9-11(14)10-12(15)13(16)17;;/h11-12,14-15H,2-10H2,1H3,(H,16,17);;. The number of hydrogen-bond acceptors (Lipinski definition) is 3. The van der Waals surface area contributed by atoms with Gasteiger partial charge in [0.25, 0.3) is 0 Å². The summed E-state index contributed by atoms with van der Waals surface area (Å²) >= 11 is 0. The van der Waals surface area contributed by atoms with Crippen molar-refractivity contribution in [1.29, 1.82) is 0 Å². The molecule has 5 heteroatoms. The molecule has 0 aliphatic carbocycles. The first-order valence-corrected chi connectivity index (χ1v) is 6.66. The SMILES string of the molecule is CCCCCCCCCC(O)CC(O)C(=O)O.[NaH]. The summed E-state index contributed by atoms with van der Waals surface area (Å²) in [6.07, 6.45) is 6.57. The van der Waals surface area contributed by atoms with Gasteiger partial charge in [0.2, 0.25) is 0 Å². The molecule has 0 saturated heterocycles. The number of carbonyl (C=O) groups is 1. The normalized spacial score (nSPS) is 13.7. The molecule has 2 atom stereocenters. The van der Waals surface area contributed by atoms with E-state index in [1.165, 1.54) is 32.1 Å². The second-order valence-electron chi connectivity index (χ2n) is 4.65. The number of aliphatic hydroxyl groups is 2. The Balaban J connectivity index is 0. The van der Waals surface area contributed by atoms with Crippen LogP contribution < -0.4 is 0 Å². The van der Waals surface area contributed by atoms with Crippen LogP contribution >= 0.6 is 0 Å². The zero-order valence-electron chi connectivity index (χ0n) is 10.8. The van der Waals surface area contributed by atoms with Crippen molar-refractivity contribution in [2.45, 2.75) is 76.9 Å². The average molecular weight is 270 g/mol. The fourth-order valence-electron chi connectivity index (χ4n) is 1.81. The Bertz CT molecular complexity index is 199. The summed E-state index contributed by atoms with van der Waals surface area (Å²) in [5.41, 5.74) is 0. The quantitative estimate of drug-likeness (QED) is 0.394. The van der Waals surface area contributed by atoms with Gasteiger partial charge in [-0.05, 0) is 6.42 Å². The van der Waals surface area contributed by atoms with E-state index < -0.39 is 18.2 Å². The van der Waals surface area contributed by atoms with Crippen molar-refractivity contribution < 1.29 is 20.1 Å². The first-order valence-electron chi connectivity index (χ1n) is 6.66. The van der Waals surface area contributed by atoms with Crippen molar-refractivity contribution in [3.05, 3.63) is 0 Å². The second kappa shape index (κ2) is 13.8. The van der Waals surface area contributed by atoms with Crippen LogP contribution in [-0.4, -0.2) is 63.1 Å². The first-order chi connectivity index (χ1) is 8.07. The third-order valence-corrected chi connectivity index (χ3v) is 2.92. The summed E-state index contributed by atoms with van der Waals surface area (Å²) in [5, 5.41) is 27.0. The summed E-state index contributed by atoms with van der Waals surface area (Å²) in [6, 6.07) is 0. The summed E-state index contributed by atoms with van der Waals surface area (Å²) in [5.74, 6) is -1.26. The molecule has 4 nitrogen and oxygen atoms in total. The number of rotatable bonds is 11. The van der Waals surface area contributed by atoms with E-state index in [1.807, 2.05) is 0 Å². The van der Waals surface area contributed by atoms with E-state index >= 15 is 0 Å². The molecule has 0 amide bonds. The number of aliphatic hydroxyl groups excluding tert-OH is 2. The van der Waals surface area contributed by atoms with Crippen molar-refractivity contribution in [2.24, 2.45) is 0 Å². The molecule has 0 radical (unpaired) electrons. The number of carboxylic acids is 1. The van der Waals surface area contributed by atoms with Crippen LogP contribution in [0.3, 0.4) is 0 Å². The average Bonchev–Trinajstić information content (AvgIpc) is 2.27. The molecular weight excluding hydrogens is 243 g/mol. The predicted octanol–water partition coefficient (Wildman–Crippen LogP) is 1.68. The van der Waals surface area contributed by atoms with Crippen LogP contribution in [-0.2, 0) is 4.79 Å². The van der Waals surface area contributed by atoms with Gasteiger partial charge in [-0.25, -0.2) is 4.79 Å². The van der Waals surface area contributed by atoms with Crippen LogP contribution in [0, 0.1) is 0 Å². The second-order valence-corrected chi connectivity index (χ2v) is 4.65. The monoisotopic (exact) mass is 270 g/mol. The molecule has 0 aromatic heterocycles. The molecule has 104 valence electrons. The Labute approximate surface area is 132 Å². The van der Waals surface area contributed by atoms with Crippen LogP contribution in [0.25, 0.3) is 0 Å². The van der Waals surface area contributed by atoms with Crippen LogP contribution in [0.5, 0.6) is 0 Å². The fourth-order valence-corrected chi connectivity index (χ4v) is 1.81. The molecule has 0 aliphatic heterocycles. The molecule has 18 heavy (non-hydrogen) atoms. The van der Waals surface area contributed by atoms with Gasteiger partial charge in [-0.3, -0.25) is 0 Å².